The molecule has 16 heavy (non-hydrogen) atoms. The van der Waals surface area contributed by atoms with Gasteiger partial charge in [-0.2, -0.15) is 0 Å². The van der Waals surface area contributed by atoms with E-state index in [4.69, 9.17) is 16.7 Å². The molecule has 1 amide bonds. The maximum Gasteiger partial charge on any atom is 0.256 e. The normalized spacial score (nSPS) is 10.3. The largest absolute Gasteiger partial charge is 0.395 e. The molecule has 3 nitrogen and oxygen atoms in total. The van der Waals surface area contributed by atoms with Crippen molar-refractivity contribution in [1.29, 1.82) is 0 Å². The van der Waals surface area contributed by atoms with Crippen LogP contribution in [0.5, 0.6) is 0 Å². The van der Waals surface area contributed by atoms with Gasteiger partial charge in [-0.25, -0.2) is 8.78 Å². The Labute approximate surface area is 96.2 Å². The molecule has 0 saturated carbocycles. The SMILES string of the molecule is CN(CCO)C(=O)c1cc(F)c(Cl)cc1F. The number of aliphatic hydroxyl groups excluding tert-OH is 1. The summed E-state index contributed by atoms with van der Waals surface area (Å²) in [4.78, 5) is 12.7. The minimum absolute atomic E-state index is 0.0442. The predicted molar refractivity (Wildman–Crippen MR) is 55.4 cm³/mol. The first kappa shape index (κ1) is 12.9. The molecule has 0 aromatic heterocycles. The van der Waals surface area contributed by atoms with Gasteiger partial charge in [0, 0.05) is 13.6 Å². The van der Waals surface area contributed by atoms with Crippen LogP contribution in [-0.4, -0.2) is 36.1 Å². The van der Waals surface area contributed by atoms with Gasteiger partial charge >= 0.3 is 0 Å². The smallest absolute Gasteiger partial charge is 0.256 e. The lowest BCUT2D eigenvalue weighted by atomic mass is 10.2. The molecule has 0 aliphatic rings. The zero-order valence-electron chi connectivity index (χ0n) is 8.51. The maximum absolute atomic E-state index is 13.3. The van der Waals surface area contributed by atoms with Crippen LogP contribution in [0.15, 0.2) is 12.1 Å². The Kier molecular flexibility index (Phi) is 4.20. The molecule has 0 spiro atoms. The van der Waals surface area contributed by atoms with Crippen molar-refractivity contribution in [1.82, 2.24) is 4.90 Å². The predicted octanol–water partition coefficient (Wildman–Crippen LogP) is 1.68. The molecular weight excluding hydrogens is 240 g/mol. The number of carbonyl (C=O) groups is 1. The van der Waals surface area contributed by atoms with Gasteiger partial charge in [-0.3, -0.25) is 4.79 Å². The fourth-order valence-corrected chi connectivity index (χ4v) is 1.29. The summed E-state index contributed by atoms with van der Waals surface area (Å²) in [5.74, 6) is -2.45. The summed E-state index contributed by atoms with van der Waals surface area (Å²) >= 11 is 5.35. The van der Waals surface area contributed by atoms with E-state index < -0.39 is 23.1 Å². The van der Waals surface area contributed by atoms with Crippen molar-refractivity contribution in [2.75, 3.05) is 20.2 Å². The van der Waals surface area contributed by atoms with Crippen molar-refractivity contribution in [2.45, 2.75) is 0 Å². The van der Waals surface area contributed by atoms with Crippen LogP contribution in [0.25, 0.3) is 0 Å². The summed E-state index contributed by atoms with van der Waals surface area (Å²) in [5.41, 5.74) is -0.405. The number of amides is 1. The van der Waals surface area contributed by atoms with Crippen LogP contribution in [0.3, 0.4) is 0 Å². The highest BCUT2D eigenvalue weighted by Crippen LogP contribution is 2.20. The van der Waals surface area contributed by atoms with Gasteiger partial charge in [0.1, 0.15) is 11.6 Å². The lowest BCUT2D eigenvalue weighted by molar-refractivity contribution is 0.0762. The first-order chi connectivity index (χ1) is 7.47. The molecule has 1 rings (SSSR count). The van der Waals surface area contributed by atoms with Gasteiger partial charge in [0.15, 0.2) is 0 Å². The summed E-state index contributed by atoms with van der Waals surface area (Å²) in [6.07, 6.45) is 0. The van der Waals surface area contributed by atoms with Crippen molar-refractivity contribution in [3.63, 3.8) is 0 Å². The second-order valence-electron chi connectivity index (χ2n) is 3.20. The average Bonchev–Trinajstić information content (AvgIpc) is 2.23. The van der Waals surface area contributed by atoms with Crippen molar-refractivity contribution in [2.24, 2.45) is 0 Å². The maximum atomic E-state index is 13.3. The molecule has 0 radical (unpaired) electrons. The Bertz CT molecular complexity index is 412. The van der Waals surface area contributed by atoms with E-state index in [0.717, 1.165) is 17.0 Å². The van der Waals surface area contributed by atoms with E-state index in [1.54, 1.807) is 0 Å². The summed E-state index contributed by atoms with van der Waals surface area (Å²) in [5, 5.41) is 8.24. The number of benzene rings is 1. The highest BCUT2D eigenvalue weighted by molar-refractivity contribution is 6.30. The van der Waals surface area contributed by atoms with Crippen molar-refractivity contribution in [3.8, 4) is 0 Å². The Hall–Kier alpha value is -1.20. The van der Waals surface area contributed by atoms with Crippen molar-refractivity contribution in [3.05, 3.63) is 34.4 Å². The van der Waals surface area contributed by atoms with Gasteiger partial charge in [0.2, 0.25) is 0 Å². The molecule has 0 aliphatic carbocycles. The molecule has 0 bridgehead atoms. The first-order valence-electron chi connectivity index (χ1n) is 4.48. The monoisotopic (exact) mass is 249 g/mol. The van der Waals surface area contributed by atoms with E-state index in [2.05, 4.69) is 0 Å². The van der Waals surface area contributed by atoms with Crippen LogP contribution in [0.4, 0.5) is 8.78 Å². The fourth-order valence-electron chi connectivity index (χ4n) is 1.14. The number of nitrogens with zero attached hydrogens (tertiary/aromatic N) is 1. The number of carbonyl (C=O) groups excluding carboxylic acids is 1. The summed E-state index contributed by atoms with van der Waals surface area (Å²) in [6, 6.07) is 1.49. The van der Waals surface area contributed by atoms with Crippen LogP contribution < -0.4 is 0 Å². The zero-order chi connectivity index (χ0) is 12.3. The third-order valence-corrected chi connectivity index (χ3v) is 2.31. The zero-order valence-corrected chi connectivity index (χ0v) is 9.26. The van der Waals surface area contributed by atoms with Crippen LogP contribution in [0.1, 0.15) is 10.4 Å². The molecular formula is C10H10ClF2NO2. The number of halogens is 3. The second kappa shape index (κ2) is 5.23. The van der Waals surface area contributed by atoms with Crippen LogP contribution in [-0.2, 0) is 0 Å². The number of rotatable bonds is 3. The van der Waals surface area contributed by atoms with Gasteiger partial charge in [-0.05, 0) is 12.1 Å². The van der Waals surface area contributed by atoms with Crippen molar-refractivity contribution >= 4 is 17.5 Å². The van der Waals surface area contributed by atoms with Gasteiger partial charge in [-0.1, -0.05) is 11.6 Å². The van der Waals surface area contributed by atoms with E-state index in [-0.39, 0.29) is 18.2 Å². The molecule has 0 fully saturated rings. The fraction of sp³-hybridized carbons (Fsp3) is 0.300. The van der Waals surface area contributed by atoms with Crippen molar-refractivity contribution < 1.29 is 18.7 Å². The number of hydrogen-bond donors (Lipinski definition) is 1. The van der Waals surface area contributed by atoms with Gasteiger partial charge < -0.3 is 10.0 Å². The molecule has 0 aliphatic heterocycles. The van der Waals surface area contributed by atoms with E-state index in [1.165, 1.54) is 7.05 Å². The lowest BCUT2D eigenvalue weighted by Crippen LogP contribution is -2.30. The number of aliphatic hydroxyl groups is 1. The molecule has 6 heteroatoms. The summed E-state index contributed by atoms with van der Waals surface area (Å²) in [7, 11) is 1.38. The quantitative estimate of drug-likeness (QED) is 0.828. The Morgan fingerprint density at radius 3 is 2.62 bits per heavy atom. The molecule has 0 atom stereocenters. The van der Waals surface area contributed by atoms with E-state index in [9.17, 15) is 13.6 Å². The second-order valence-corrected chi connectivity index (χ2v) is 3.60. The molecule has 1 aromatic rings. The summed E-state index contributed by atoms with van der Waals surface area (Å²) < 4.78 is 26.4. The highest BCUT2D eigenvalue weighted by atomic mass is 35.5. The van der Waals surface area contributed by atoms with Gasteiger partial charge in [-0.15, -0.1) is 0 Å². The standard InChI is InChI=1S/C10H10ClF2NO2/c1-14(2-3-15)10(16)6-4-9(13)7(11)5-8(6)12/h4-5,15H,2-3H2,1H3. The van der Waals surface area contributed by atoms with E-state index >= 15 is 0 Å². The lowest BCUT2D eigenvalue weighted by Gasteiger charge is -2.16. The van der Waals surface area contributed by atoms with Gasteiger partial charge in [0.25, 0.3) is 5.91 Å². The Morgan fingerprint density at radius 1 is 1.44 bits per heavy atom. The van der Waals surface area contributed by atoms with E-state index in [1.807, 2.05) is 0 Å². The average molecular weight is 250 g/mol. The Balaban J connectivity index is 3.04. The molecule has 0 heterocycles. The minimum atomic E-state index is -0.888. The van der Waals surface area contributed by atoms with Crippen LogP contribution in [0.2, 0.25) is 5.02 Å². The molecule has 1 N–H and O–H groups in total. The highest BCUT2D eigenvalue weighted by Gasteiger charge is 2.18. The van der Waals surface area contributed by atoms with E-state index in [0.29, 0.717) is 0 Å². The molecule has 0 unspecified atom stereocenters. The third-order valence-electron chi connectivity index (χ3n) is 2.02. The Morgan fingerprint density at radius 2 is 2.06 bits per heavy atom. The molecule has 0 saturated heterocycles. The minimum Gasteiger partial charge on any atom is -0.395 e. The van der Waals surface area contributed by atoms with Gasteiger partial charge in [0.05, 0.1) is 17.2 Å². The molecule has 88 valence electrons. The first-order valence-corrected chi connectivity index (χ1v) is 4.86. The van der Waals surface area contributed by atoms with Crippen LogP contribution in [0, 0.1) is 11.6 Å². The topological polar surface area (TPSA) is 40.5 Å². The number of hydrogen-bond acceptors (Lipinski definition) is 2. The molecule has 1 aromatic carbocycles. The summed E-state index contributed by atoms with van der Waals surface area (Å²) in [6.45, 7) is -0.206. The van der Waals surface area contributed by atoms with Crippen LogP contribution >= 0.6 is 11.6 Å². The number of likely N-dealkylation sites (N-methyl/N-ethyl adjacent to an activating group) is 1. The third kappa shape index (κ3) is 2.68.